The Morgan fingerprint density at radius 3 is 2.58 bits per heavy atom. The minimum Gasteiger partial charge on any atom is -0.478 e. The molecule has 2 bridgehead atoms. The summed E-state index contributed by atoms with van der Waals surface area (Å²) in [6, 6.07) is 3.90. The fraction of sp³-hybridized carbons (Fsp3) is 0.385. The first kappa shape index (κ1) is 23.1. The van der Waals surface area contributed by atoms with Crippen LogP contribution in [0.25, 0.3) is 0 Å². The number of benzene rings is 1. The normalized spacial score (nSPS) is 30.3. The third-order valence-corrected chi connectivity index (χ3v) is 8.23. The van der Waals surface area contributed by atoms with Crippen LogP contribution >= 0.6 is 0 Å². The number of aromatic nitrogens is 1. The summed E-state index contributed by atoms with van der Waals surface area (Å²) in [5.41, 5.74) is 5.24. The second kappa shape index (κ2) is 8.35. The molecular formula is C26H25F3N4O3. The van der Waals surface area contributed by atoms with Crippen molar-refractivity contribution in [2.45, 2.75) is 12.5 Å². The average Bonchev–Trinajstić information content (AvgIpc) is 3.32. The van der Waals surface area contributed by atoms with Crippen LogP contribution < -0.4 is 15.5 Å². The van der Waals surface area contributed by atoms with Crippen molar-refractivity contribution in [3.05, 3.63) is 71.2 Å². The highest BCUT2D eigenvalue weighted by Crippen LogP contribution is 2.52. The van der Waals surface area contributed by atoms with Crippen LogP contribution in [0.5, 0.6) is 0 Å². The molecule has 0 spiro atoms. The van der Waals surface area contributed by atoms with Crippen molar-refractivity contribution in [2.75, 3.05) is 29.4 Å². The van der Waals surface area contributed by atoms with E-state index in [-0.39, 0.29) is 22.9 Å². The van der Waals surface area contributed by atoms with Crippen molar-refractivity contribution < 1.29 is 28.2 Å². The first-order valence-electron chi connectivity index (χ1n) is 12.0. The van der Waals surface area contributed by atoms with E-state index in [1.54, 1.807) is 0 Å². The SMILES string of the molecule is NCC1CC2C=CC1C1CN(c3nc4c(cc3F)C(O)C(C(=O)O)=CN4c3ccc(F)cc3F)CC21. The Morgan fingerprint density at radius 1 is 1.08 bits per heavy atom. The van der Waals surface area contributed by atoms with Gasteiger partial charge in [0.05, 0.1) is 11.3 Å². The molecule has 7 rings (SSSR count). The first-order chi connectivity index (χ1) is 17.3. The van der Waals surface area contributed by atoms with E-state index in [1.807, 2.05) is 4.90 Å². The van der Waals surface area contributed by atoms with Crippen molar-refractivity contribution in [1.29, 1.82) is 0 Å². The Labute approximate surface area is 205 Å². The highest BCUT2D eigenvalue weighted by atomic mass is 19.1. The number of nitrogens with zero attached hydrogens (tertiary/aromatic N) is 3. The summed E-state index contributed by atoms with van der Waals surface area (Å²) in [7, 11) is 0. The molecule has 0 amide bonds. The van der Waals surface area contributed by atoms with Gasteiger partial charge in [0.25, 0.3) is 0 Å². The van der Waals surface area contributed by atoms with Gasteiger partial charge in [-0.05, 0) is 60.8 Å². The first-order valence-corrected chi connectivity index (χ1v) is 12.0. The fourth-order valence-corrected chi connectivity index (χ4v) is 6.53. The quantitative estimate of drug-likeness (QED) is 0.555. The number of carboxylic acid groups (broad SMARTS) is 1. The maximum atomic E-state index is 15.5. The number of halogens is 3. The highest BCUT2D eigenvalue weighted by molar-refractivity contribution is 5.91. The molecule has 6 unspecified atom stereocenters. The lowest BCUT2D eigenvalue weighted by Crippen LogP contribution is -2.43. The molecule has 7 nitrogen and oxygen atoms in total. The average molecular weight is 499 g/mol. The number of aliphatic hydroxyl groups excluding tert-OH is 1. The van der Waals surface area contributed by atoms with Crippen molar-refractivity contribution in [3.63, 3.8) is 0 Å². The number of pyridine rings is 1. The van der Waals surface area contributed by atoms with Gasteiger partial charge < -0.3 is 20.8 Å². The van der Waals surface area contributed by atoms with Gasteiger partial charge in [0.2, 0.25) is 0 Å². The number of anilines is 3. The van der Waals surface area contributed by atoms with Crippen molar-refractivity contribution in [3.8, 4) is 0 Å². The number of aliphatic carboxylic acids is 1. The number of carboxylic acids is 1. The van der Waals surface area contributed by atoms with Crippen LogP contribution in [0, 0.1) is 47.0 Å². The predicted octanol–water partition coefficient (Wildman–Crippen LogP) is 3.49. The Hall–Kier alpha value is -3.37. The molecule has 1 aromatic carbocycles. The second-order valence-corrected chi connectivity index (χ2v) is 10.1. The summed E-state index contributed by atoms with van der Waals surface area (Å²) < 4.78 is 43.8. The zero-order valence-electron chi connectivity index (χ0n) is 19.2. The fourth-order valence-electron chi connectivity index (χ4n) is 6.53. The number of fused-ring (bicyclic) bond motifs is 2. The van der Waals surface area contributed by atoms with Gasteiger partial charge in [-0.1, -0.05) is 12.2 Å². The molecule has 36 heavy (non-hydrogen) atoms. The van der Waals surface area contributed by atoms with E-state index in [1.165, 1.54) is 0 Å². The number of hydrogen-bond donors (Lipinski definition) is 3. The molecule has 4 N–H and O–H groups in total. The molecule has 1 aromatic heterocycles. The highest BCUT2D eigenvalue weighted by Gasteiger charge is 2.50. The molecule has 5 aliphatic rings. The summed E-state index contributed by atoms with van der Waals surface area (Å²) in [5.74, 6) is -2.12. The van der Waals surface area contributed by atoms with Gasteiger partial charge in [0, 0.05) is 30.9 Å². The van der Waals surface area contributed by atoms with Gasteiger partial charge in [0.1, 0.15) is 23.6 Å². The van der Waals surface area contributed by atoms with E-state index in [4.69, 9.17) is 5.73 Å². The van der Waals surface area contributed by atoms with Crippen molar-refractivity contribution in [1.82, 2.24) is 4.98 Å². The Bertz CT molecular complexity index is 1320. The molecule has 3 heterocycles. The lowest BCUT2D eigenvalue weighted by atomic mass is 9.59. The maximum absolute atomic E-state index is 15.5. The third kappa shape index (κ3) is 3.42. The molecule has 1 saturated carbocycles. The zero-order valence-corrected chi connectivity index (χ0v) is 19.2. The van der Waals surface area contributed by atoms with Gasteiger partial charge >= 0.3 is 5.97 Å². The van der Waals surface area contributed by atoms with Crippen LogP contribution in [-0.2, 0) is 4.79 Å². The molecule has 3 aliphatic carbocycles. The molecule has 6 atom stereocenters. The van der Waals surface area contributed by atoms with Gasteiger partial charge in [-0.25, -0.2) is 22.9 Å². The van der Waals surface area contributed by atoms with E-state index in [0.717, 1.165) is 35.7 Å². The predicted molar refractivity (Wildman–Crippen MR) is 126 cm³/mol. The molecule has 2 fully saturated rings. The second-order valence-electron chi connectivity index (χ2n) is 10.1. The number of rotatable bonds is 4. The summed E-state index contributed by atoms with van der Waals surface area (Å²) in [6.07, 6.45) is 4.87. The monoisotopic (exact) mass is 498 g/mol. The van der Waals surface area contributed by atoms with Crippen molar-refractivity contribution >= 4 is 23.3 Å². The largest absolute Gasteiger partial charge is 0.478 e. The summed E-state index contributed by atoms with van der Waals surface area (Å²) in [6.45, 7) is 1.79. The summed E-state index contributed by atoms with van der Waals surface area (Å²) >= 11 is 0. The zero-order chi connectivity index (χ0) is 25.3. The van der Waals surface area contributed by atoms with Gasteiger partial charge in [0.15, 0.2) is 11.6 Å². The summed E-state index contributed by atoms with van der Waals surface area (Å²) in [4.78, 5) is 19.3. The van der Waals surface area contributed by atoms with Gasteiger partial charge in [-0.15, -0.1) is 0 Å². The molecule has 2 aliphatic heterocycles. The van der Waals surface area contributed by atoms with Gasteiger partial charge in [-0.2, -0.15) is 0 Å². The van der Waals surface area contributed by atoms with Gasteiger partial charge in [-0.3, -0.25) is 4.90 Å². The van der Waals surface area contributed by atoms with Crippen molar-refractivity contribution in [2.24, 2.45) is 35.3 Å². The number of carbonyl (C=O) groups is 1. The van der Waals surface area contributed by atoms with Crippen LogP contribution in [0.2, 0.25) is 0 Å². The lowest BCUT2D eigenvalue weighted by Gasteiger charge is -2.45. The minimum absolute atomic E-state index is 0.00906. The molecule has 188 valence electrons. The summed E-state index contributed by atoms with van der Waals surface area (Å²) in [5, 5.41) is 20.3. The molecule has 1 saturated heterocycles. The number of aliphatic hydroxyl groups is 1. The number of allylic oxidation sites excluding steroid dienone is 2. The molecule has 10 heteroatoms. The van der Waals surface area contributed by atoms with E-state index < -0.39 is 35.1 Å². The van der Waals surface area contributed by atoms with Crippen LogP contribution in [0.3, 0.4) is 0 Å². The Morgan fingerprint density at radius 2 is 1.86 bits per heavy atom. The van der Waals surface area contributed by atoms with E-state index in [0.29, 0.717) is 55.3 Å². The lowest BCUT2D eigenvalue weighted by molar-refractivity contribution is -0.133. The van der Waals surface area contributed by atoms with Crippen LogP contribution in [-0.4, -0.2) is 40.8 Å². The van der Waals surface area contributed by atoms with Crippen LogP contribution in [0.1, 0.15) is 18.1 Å². The van der Waals surface area contributed by atoms with Crippen LogP contribution in [0.4, 0.5) is 30.5 Å². The number of hydrogen-bond acceptors (Lipinski definition) is 6. The smallest absolute Gasteiger partial charge is 0.336 e. The maximum Gasteiger partial charge on any atom is 0.336 e. The Kier molecular flexibility index (Phi) is 5.34. The molecular weight excluding hydrogens is 473 g/mol. The van der Waals surface area contributed by atoms with Crippen LogP contribution in [0.15, 0.2) is 48.2 Å². The molecule has 0 radical (unpaired) electrons. The molecule has 2 aromatic rings. The third-order valence-electron chi connectivity index (χ3n) is 8.23. The number of nitrogens with two attached hydrogens (primary N) is 1. The minimum atomic E-state index is -1.67. The topological polar surface area (TPSA) is 103 Å². The Balaban J connectivity index is 1.42. The van der Waals surface area contributed by atoms with E-state index >= 15 is 4.39 Å². The van der Waals surface area contributed by atoms with E-state index in [9.17, 15) is 23.8 Å². The van der Waals surface area contributed by atoms with E-state index in [2.05, 4.69) is 17.1 Å². The standard InChI is InChI=1S/C26H25F3N4O3/c27-14-2-4-22(20(28)6-14)33-11-19(26(35)36)23(34)16-7-21(29)25(31-24(16)33)32-9-17-12-1-3-15(18(17)10-32)13(5-12)8-30/h1-4,6-7,11-13,15,17-18,23,34H,5,8-10,30H2,(H,35,36).